The van der Waals surface area contributed by atoms with E-state index in [1.54, 1.807) is 60.6 Å². The first kappa shape index (κ1) is 28.9. The highest BCUT2D eigenvalue weighted by Crippen LogP contribution is 2.32. The number of hydrogen-bond donors (Lipinski definition) is 2. The van der Waals surface area contributed by atoms with Gasteiger partial charge in [-0.15, -0.1) is 11.3 Å². The highest BCUT2D eigenvalue weighted by Gasteiger charge is 2.30. The van der Waals surface area contributed by atoms with Gasteiger partial charge in [0.25, 0.3) is 5.91 Å². The molecule has 0 spiro atoms. The lowest BCUT2D eigenvalue weighted by Crippen LogP contribution is -2.38. The predicted molar refractivity (Wildman–Crippen MR) is 150 cm³/mol. The van der Waals surface area contributed by atoms with E-state index in [0.29, 0.717) is 41.4 Å². The summed E-state index contributed by atoms with van der Waals surface area (Å²) in [6, 6.07) is 16.0. The van der Waals surface area contributed by atoms with E-state index < -0.39 is 12.6 Å². The third kappa shape index (κ3) is 7.74. The molecule has 0 saturated heterocycles. The summed E-state index contributed by atoms with van der Waals surface area (Å²) in [6.45, 7) is 0.257. The van der Waals surface area contributed by atoms with Crippen LogP contribution in [0, 0.1) is 11.3 Å². The zero-order valence-electron chi connectivity index (χ0n) is 21.8. The standard InChI is InChI=1S/C28H28F3N7OS/c1-38(12-11-28(29,30)31)22-9-10-23-25(14-22)40-27(35-23)36-26(39)21-4-2-3-19(13-21)16-34-17-24(37-33)20-7-5-18(15-32)6-8-20/h2-8,13,17,22H,9-12,14,16,33H2,1H3,(H,35,36,39)/t22-/m0/s1. The summed E-state index contributed by atoms with van der Waals surface area (Å²) in [5.41, 5.74) is 3.86. The molecule has 2 aromatic carbocycles. The minimum Gasteiger partial charge on any atom is -0.323 e. The molecule has 1 amide bonds. The molecule has 1 aromatic heterocycles. The summed E-state index contributed by atoms with van der Waals surface area (Å²) in [6.07, 6.45) is -1.47. The SMILES string of the molecule is CN(CCC(F)(F)F)[C@H]1CCc2nc(NC(=O)c3cccc(CN=CC(=NN)c4ccc(C#N)cc4)c3)sc2C1. The molecule has 0 fully saturated rings. The highest BCUT2D eigenvalue weighted by molar-refractivity contribution is 7.15. The smallest absolute Gasteiger partial charge is 0.323 e. The van der Waals surface area contributed by atoms with Crippen molar-refractivity contribution in [2.45, 2.75) is 44.4 Å². The number of aromatic nitrogens is 1. The Bertz CT molecular complexity index is 1440. The van der Waals surface area contributed by atoms with E-state index in [0.717, 1.165) is 28.1 Å². The van der Waals surface area contributed by atoms with Crippen LogP contribution in [0.4, 0.5) is 18.3 Å². The highest BCUT2D eigenvalue weighted by atomic mass is 32.1. The molecule has 0 aliphatic heterocycles. The topological polar surface area (TPSA) is 120 Å². The number of carbonyl (C=O) groups is 1. The summed E-state index contributed by atoms with van der Waals surface area (Å²) in [4.78, 5) is 24.6. The molecule has 1 aliphatic carbocycles. The van der Waals surface area contributed by atoms with E-state index in [1.165, 1.54) is 11.3 Å². The van der Waals surface area contributed by atoms with Gasteiger partial charge in [0.1, 0.15) is 5.71 Å². The van der Waals surface area contributed by atoms with Crippen LogP contribution in [0.25, 0.3) is 0 Å². The number of anilines is 1. The van der Waals surface area contributed by atoms with Gasteiger partial charge in [-0.2, -0.15) is 23.5 Å². The second-order valence-corrected chi connectivity index (χ2v) is 10.5. The van der Waals surface area contributed by atoms with Crippen LogP contribution in [-0.4, -0.2) is 53.5 Å². The van der Waals surface area contributed by atoms with E-state index in [9.17, 15) is 18.0 Å². The van der Waals surface area contributed by atoms with Crippen molar-refractivity contribution in [3.63, 3.8) is 0 Å². The molecule has 40 heavy (non-hydrogen) atoms. The molecular weight excluding hydrogens is 539 g/mol. The second kappa shape index (κ2) is 12.8. The monoisotopic (exact) mass is 567 g/mol. The normalized spacial score (nSPS) is 15.7. The Hall–Kier alpha value is -4.08. The number of halogens is 3. The summed E-state index contributed by atoms with van der Waals surface area (Å²) < 4.78 is 37.8. The number of alkyl halides is 3. The number of likely N-dealkylation sites (N-methyl/N-ethyl adjacent to an activating group) is 1. The Labute approximate surface area is 234 Å². The molecule has 0 saturated carbocycles. The molecule has 1 heterocycles. The van der Waals surface area contributed by atoms with Gasteiger partial charge in [0, 0.05) is 34.8 Å². The first-order valence-corrected chi connectivity index (χ1v) is 13.4. The van der Waals surface area contributed by atoms with Crippen LogP contribution in [0.1, 0.15) is 50.5 Å². The molecule has 4 rings (SSSR count). The predicted octanol–water partition coefficient (Wildman–Crippen LogP) is 4.94. The number of nitrogens with zero attached hydrogens (tertiary/aromatic N) is 5. The van der Waals surface area contributed by atoms with Crippen LogP contribution < -0.4 is 11.2 Å². The molecular formula is C28H28F3N7OS. The van der Waals surface area contributed by atoms with Crippen LogP contribution in [0.5, 0.6) is 0 Å². The third-order valence-electron chi connectivity index (χ3n) is 6.63. The molecule has 8 nitrogen and oxygen atoms in total. The van der Waals surface area contributed by atoms with Gasteiger partial charge in [0.2, 0.25) is 0 Å². The zero-order valence-corrected chi connectivity index (χ0v) is 22.6. The summed E-state index contributed by atoms with van der Waals surface area (Å²) >= 11 is 1.37. The minimum atomic E-state index is -4.17. The van der Waals surface area contributed by atoms with Crippen molar-refractivity contribution in [1.29, 1.82) is 5.26 Å². The molecule has 1 atom stereocenters. The Balaban J connectivity index is 1.35. The number of amides is 1. The van der Waals surface area contributed by atoms with E-state index in [1.807, 2.05) is 6.07 Å². The number of hydrazone groups is 1. The maximum atomic E-state index is 12.9. The number of nitrogens with two attached hydrogens (primary N) is 1. The van der Waals surface area contributed by atoms with Gasteiger partial charge < -0.3 is 10.7 Å². The maximum Gasteiger partial charge on any atom is 0.390 e. The largest absolute Gasteiger partial charge is 0.390 e. The minimum absolute atomic E-state index is 0.0119. The van der Waals surface area contributed by atoms with E-state index in [-0.39, 0.29) is 18.5 Å². The number of rotatable bonds is 9. The molecule has 1 aliphatic rings. The molecule has 0 bridgehead atoms. The second-order valence-electron chi connectivity index (χ2n) is 9.46. The lowest BCUT2D eigenvalue weighted by Gasteiger charge is -2.30. The Morgan fingerprint density at radius 3 is 2.75 bits per heavy atom. The van der Waals surface area contributed by atoms with Crippen molar-refractivity contribution in [2.75, 3.05) is 18.9 Å². The lowest BCUT2D eigenvalue weighted by molar-refractivity contribution is -0.138. The van der Waals surface area contributed by atoms with Crippen molar-refractivity contribution in [1.82, 2.24) is 9.88 Å². The lowest BCUT2D eigenvalue weighted by atomic mass is 9.96. The van der Waals surface area contributed by atoms with Crippen molar-refractivity contribution in [3.8, 4) is 6.07 Å². The fourth-order valence-corrected chi connectivity index (χ4v) is 5.46. The maximum absolute atomic E-state index is 12.9. The van der Waals surface area contributed by atoms with E-state index in [2.05, 4.69) is 26.5 Å². The van der Waals surface area contributed by atoms with Crippen molar-refractivity contribution in [3.05, 3.63) is 81.4 Å². The van der Waals surface area contributed by atoms with Crippen LogP contribution in [0.15, 0.2) is 58.6 Å². The molecule has 0 radical (unpaired) electrons. The fraction of sp³-hybridized carbons (Fsp3) is 0.321. The fourth-order valence-electron chi connectivity index (χ4n) is 4.39. The van der Waals surface area contributed by atoms with Gasteiger partial charge in [-0.25, -0.2) is 4.98 Å². The number of thiazole rings is 1. The number of fused-ring (bicyclic) bond motifs is 1. The zero-order chi connectivity index (χ0) is 28.7. The number of nitrogens with one attached hydrogen (secondary N) is 1. The van der Waals surface area contributed by atoms with Crippen LogP contribution >= 0.6 is 11.3 Å². The van der Waals surface area contributed by atoms with Crippen LogP contribution in [0.2, 0.25) is 0 Å². The summed E-state index contributed by atoms with van der Waals surface area (Å²) in [5, 5.41) is 16.0. The molecule has 12 heteroatoms. The van der Waals surface area contributed by atoms with Gasteiger partial charge in [-0.05, 0) is 56.1 Å². The molecule has 3 N–H and O–H groups in total. The number of hydrogen-bond acceptors (Lipinski definition) is 8. The number of carbonyl (C=O) groups excluding carboxylic acids is 1. The van der Waals surface area contributed by atoms with E-state index >= 15 is 0 Å². The Morgan fingerprint density at radius 1 is 1.27 bits per heavy atom. The average molecular weight is 568 g/mol. The Morgan fingerprint density at radius 2 is 2.05 bits per heavy atom. The van der Waals surface area contributed by atoms with Crippen molar-refractivity contribution < 1.29 is 18.0 Å². The number of aliphatic imine (C=N–C) groups is 1. The average Bonchev–Trinajstić information content (AvgIpc) is 3.35. The van der Waals surface area contributed by atoms with E-state index in [4.69, 9.17) is 11.1 Å². The van der Waals surface area contributed by atoms with Gasteiger partial charge in [-0.3, -0.25) is 15.1 Å². The number of aryl methyl sites for hydroxylation is 1. The molecule has 3 aromatic rings. The molecule has 0 unspecified atom stereocenters. The number of nitriles is 1. The van der Waals surface area contributed by atoms with Crippen molar-refractivity contribution in [2.24, 2.45) is 15.9 Å². The van der Waals surface area contributed by atoms with Gasteiger partial charge >= 0.3 is 6.18 Å². The Kier molecular flexibility index (Phi) is 9.29. The van der Waals surface area contributed by atoms with Crippen LogP contribution in [-0.2, 0) is 19.4 Å². The summed E-state index contributed by atoms with van der Waals surface area (Å²) in [5.74, 6) is 5.20. The molecule has 208 valence electrons. The van der Waals surface area contributed by atoms with Gasteiger partial charge in [0.15, 0.2) is 5.13 Å². The number of benzene rings is 2. The first-order chi connectivity index (χ1) is 19.1. The third-order valence-corrected chi connectivity index (χ3v) is 7.67. The van der Waals surface area contributed by atoms with Crippen molar-refractivity contribution >= 4 is 34.3 Å². The van der Waals surface area contributed by atoms with Gasteiger partial charge in [-0.1, -0.05) is 24.3 Å². The quantitative estimate of drug-likeness (QED) is 0.216. The van der Waals surface area contributed by atoms with Crippen LogP contribution in [0.3, 0.4) is 0 Å². The summed E-state index contributed by atoms with van der Waals surface area (Å²) in [7, 11) is 1.72. The first-order valence-electron chi connectivity index (χ1n) is 12.6. The van der Waals surface area contributed by atoms with Gasteiger partial charge in [0.05, 0.1) is 30.3 Å².